The molecule has 2 aromatic rings. The van der Waals surface area contributed by atoms with E-state index in [1.165, 1.54) is 12.5 Å². The van der Waals surface area contributed by atoms with Gasteiger partial charge in [-0.25, -0.2) is 0 Å². The normalized spacial score (nSPS) is 11.8. The van der Waals surface area contributed by atoms with Crippen LogP contribution in [0.3, 0.4) is 0 Å². The highest BCUT2D eigenvalue weighted by molar-refractivity contribution is 5.93. The smallest absolute Gasteiger partial charge is 0.321 e. The predicted molar refractivity (Wildman–Crippen MR) is 74.5 cm³/mol. The van der Waals surface area contributed by atoms with Gasteiger partial charge in [0.15, 0.2) is 0 Å². The molecule has 2 rings (SSSR count). The number of nitrogens with one attached hydrogen (secondary N) is 2. The van der Waals surface area contributed by atoms with Crippen LogP contribution in [0.1, 0.15) is 12.2 Å². The van der Waals surface area contributed by atoms with Crippen LogP contribution in [-0.4, -0.2) is 28.0 Å². The first-order valence-electron chi connectivity index (χ1n) is 6.33. The topological polar surface area (TPSA) is 104 Å². The Balaban J connectivity index is 1.87. The number of hydrogen-bond acceptors (Lipinski definition) is 5. The van der Waals surface area contributed by atoms with E-state index in [1.54, 1.807) is 30.5 Å². The van der Waals surface area contributed by atoms with Gasteiger partial charge in [-0.3, -0.25) is 19.9 Å². The lowest BCUT2D eigenvalue weighted by Gasteiger charge is -2.13. The van der Waals surface area contributed by atoms with Crippen LogP contribution in [0.15, 0.2) is 47.3 Å². The number of aliphatic carboxylic acids is 1. The van der Waals surface area contributed by atoms with Gasteiger partial charge >= 0.3 is 5.97 Å². The molecule has 0 aromatic carbocycles. The molecular formula is C14H15N3O4. The summed E-state index contributed by atoms with van der Waals surface area (Å²) in [4.78, 5) is 26.8. The Morgan fingerprint density at radius 1 is 1.33 bits per heavy atom. The van der Waals surface area contributed by atoms with Crippen LogP contribution in [0.4, 0.5) is 5.69 Å². The molecule has 7 heteroatoms. The Labute approximate surface area is 121 Å². The maximum atomic E-state index is 11.8. The lowest BCUT2D eigenvalue weighted by Crippen LogP contribution is -2.39. The van der Waals surface area contributed by atoms with Gasteiger partial charge in [0, 0.05) is 6.20 Å². The van der Waals surface area contributed by atoms with E-state index >= 15 is 0 Å². The second kappa shape index (κ2) is 7.20. The molecule has 21 heavy (non-hydrogen) atoms. The minimum atomic E-state index is -1.09. The van der Waals surface area contributed by atoms with E-state index in [1.807, 2.05) is 0 Å². The zero-order chi connectivity index (χ0) is 15.1. The summed E-state index contributed by atoms with van der Waals surface area (Å²) in [5, 5.41) is 14.5. The average Bonchev–Trinajstić information content (AvgIpc) is 2.97. The average molecular weight is 289 g/mol. The fraction of sp³-hybridized carbons (Fsp3) is 0.214. The molecule has 2 heterocycles. The summed E-state index contributed by atoms with van der Waals surface area (Å²) in [5.41, 5.74) is 0.526. The molecule has 0 bridgehead atoms. The first kappa shape index (κ1) is 14.7. The van der Waals surface area contributed by atoms with Gasteiger partial charge in [0.25, 0.3) is 0 Å². The number of hydrogen-bond donors (Lipinski definition) is 3. The Kier molecular flexibility index (Phi) is 5.05. The molecule has 7 nitrogen and oxygen atoms in total. The van der Waals surface area contributed by atoms with E-state index in [0.29, 0.717) is 11.4 Å². The summed E-state index contributed by atoms with van der Waals surface area (Å²) in [6.45, 7) is 0.240. The molecule has 2 aromatic heterocycles. The lowest BCUT2D eigenvalue weighted by molar-refractivity contribution is -0.141. The fourth-order valence-corrected chi connectivity index (χ4v) is 1.72. The third-order valence-corrected chi connectivity index (χ3v) is 2.74. The van der Waals surface area contributed by atoms with Crippen molar-refractivity contribution in [2.24, 2.45) is 0 Å². The lowest BCUT2D eigenvalue weighted by atomic mass is 10.2. The third-order valence-electron chi connectivity index (χ3n) is 2.74. The number of furan rings is 1. The van der Waals surface area contributed by atoms with Crippen molar-refractivity contribution in [3.63, 3.8) is 0 Å². The largest absolute Gasteiger partial charge is 0.480 e. The molecule has 0 radical (unpaired) electrons. The monoisotopic (exact) mass is 289 g/mol. The standard InChI is InChI=1S/C14H15N3O4/c18-13(17-10-3-1-5-15-8-10)7-12(14(19)20)16-9-11-4-2-6-21-11/h1-6,8,12,16H,7,9H2,(H,17,18)(H,19,20)/t12-/m1/s1. The molecule has 0 aliphatic carbocycles. The van der Waals surface area contributed by atoms with Gasteiger partial charge in [-0.05, 0) is 24.3 Å². The molecular weight excluding hydrogens is 274 g/mol. The summed E-state index contributed by atoms with van der Waals surface area (Å²) >= 11 is 0. The van der Waals surface area contributed by atoms with Crippen molar-refractivity contribution in [3.05, 3.63) is 48.7 Å². The summed E-state index contributed by atoms with van der Waals surface area (Å²) in [7, 11) is 0. The number of pyridine rings is 1. The van der Waals surface area contributed by atoms with Crippen LogP contribution in [0.5, 0.6) is 0 Å². The molecule has 0 aliphatic rings. The van der Waals surface area contributed by atoms with Crippen molar-refractivity contribution in [3.8, 4) is 0 Å². The number of carbonyl (C=O) groups is 2. The van der Waals surface area contributed by atoms with Gasteiger partial charge in [-0.15, -0.1) is 0 Å². The summed E-state index contributed by atoms with van der Waals surface area (Å²) in [6, 6.07) is 5.80. The van der Waals surface area contributed by atoms with Crippen molar-refractivity contribution in [2.75, 3.05) is 5.32 Å². The van der Waals surface area contributed by atoms with Gasteiger partial charge in [0.2, 0.25) is 5.91 Å². The van der Waals surface area contributed by atoms with E-state index < -0.39 is 17.9 Å². The van der Waals surface area contributed by atoms with Crippen LogP contribution in [0.2, 0.25) is 0 Å². The Bertz CT molecular complexity index is 584. The van der Waals surface area contributed by atoms with Crippen LogP contribution >= 0.6 is 0 Å². The first-order chi connectivity index (χ1) is 10.1. The molecule has 0 spiro atoms. The van der Waals surface area contributed by atoms with Gasteiger partial charge < -0.3 is 14.8 Å². The number of nitrogens with zero attached hydrogens (tertiary/aromatic N) is 1. The Morgan fingerprint density at radius 3 is 2.81 bits per heavy atom. The van der Waals surface area contributed by atoms with Gasteiger partial charge in [0.1, 0.15) is 11.8 Å². The number of carboxylic acids is 1. The molecule has 0 saturated carbocycles. The van der Waals surface area contributed by atoms with Crippen LogP contribution in [-0.2, 0) is 16.1 Å². The molecule has 0 unspecified atom stereocenters. The number of amides is 1. The number of aromatic nitrogens is 1. The number of carbonyl (C=O) groups excluding carboxylic acids is 1. The zero-order valence-electron chi connectivity index (χ0n) is 11.2. The SMILES string of the molecule is O=C(C[C@@H](NCc1ccco1)C(=O)O)Nc1cccnc1. The Hall–Kier alpha value is -2.67. The number of anilines is 1. The van der Waals surface area contributed by atoms with Gasteiger partial charge in [-0.2, -0.15) is 0 Å². The second-order valence-corrected chi connectivity index (χ2v) is 4.35. The molecule has 3 N–H and O–H groups in total. The summed E-state index contributed by atoms with van der Waals surface area (Å²) in [6.07, 6.45) is 4.39. The zero-order valence-corrected chi connectivity index (χ0v) is 11.2. The molecule has 0 aliphatic heterocycles. The maximum Gasteiger partial charge on any atom is 0.321 e. The molecule has 110 valence electrons. The van der Waals surface area contributed by atoms with E-state index in [9.17, 15) is 9.59 Å². The second-order valence-electron chi connectivity index (χ2n) is 4.35. The van der Waals surface area contributed by atoms with E-state index in [4.69, 9.17) is 9.52 Å². The summed E-state index contributed by atoms with van der Waals surface area (Å²) < 4.78 is 5.10. The maximum absolute atomic E-state index is 11.8. The minimum Gasteiger partial charge on any atom is -0.480 e. The highest BCUT2D eigenvalue weighted by Gasteiger charge is 2.21. The molecule has 1 amide bonds. The highest BCUT2D eigenvalue weighted by Crippen LogP contribution is 2.06. The van der Waals surface area contributed by atoms with Gasteiger partial charge in [0.05, 0.1) is 31.1 Å². The van der Waals surface area contributed by atoms with Crippen molar-refractivity contribution in [1.29, 1.82) is 0 Å². The van der Waals surface area contributed by atoms with Crippen LogP contribution in [0.25, 0.3) is 0 Å². The fourth-order valence-electron chi connectivity index (χ4n) is 1.72. The van der Waals surface area contributed by atoms with E-state index in [-0.39, 0.29) is 13.0 Å². The predicted octanol–water partition coefficient (Wildman–Crippen LogP) is 1.25. The third kappa shape index (κ3) is 4.73. The van der Waals surface area contributed by atoms with Crippen molar-refractivity contribution < 1.29 is 19.1 Å². The van der Waals surface area contributed by atoms with Gasteiger partial charge in [-0.1, -0.05) is 0 Å². The molecule has 0 saturated heterocycles. The van der Waals surface area contributed by atoms with E-state index in [2.05, 4.69) is 15.6 Å². The molecule has 1 atom stereocenters. The summed E-state index contributed by atoms with van der Waals surface area (Å²) in [5.74, 6) is -0.890. The molecule has 0 fully saturated rings. The van der Waals surface area contributed by atoms with Crippen LogP contribution < -0.4 is 10.6 Å². The van der Waals surface area contributed by atoms with Crippen molar-refractivity contribution in [2.45, 2.75) is 19.0 Å². The van der Waals surface area contributed by atoms with Crippen molar-refractivity contribution >= 4 is 17.6 Å². The highest BCUT2D eigenvalue weighted by atomic mass is 16.4. The number of rotatable bonds is 7. The van der Waals surface area contributed by atoms with Crippen molar-refractivity contribution in [1.82, 2.24) is 10.3 Å². The minimum absolute atomic E-state index is 0.190. The first-order valence-corrected chi connectivity index (χ1v) is 6.33. The number of carboxylic acid groups (broad SMARTS) is 1. The Morgan fingerprint density at radius 2 is 2.19 bits per heavy atom. The quantitative estimate of drug-likeness (QED) is 0.708. The van der Waals surface area contributed by atoms with E-state index in [0.717, 1.165) is 0 Å². The van der Waals surface area contributed by atoms with Crippen LogP contribution in [0, 0.1) is 0 Å².